The SMILES string of the molecule is Cc1cn(O)c(=N)c([C@@H]2O[C@@H]3CO[Si](C(C)C)(C(C)C)O[Si](C(C)C)(C(C)C)O[C@H]3[C@H]2OC(=O)c2ccccc2)n1. The molecule has 4 rings (SSSR count). The lowest BCUT2D eigenvalue weighted by atomic mass is 10.1. The van der Waals surface area contributed by atoms with Crippen molar-refractivity contribution in [3.63, 3.8) is 0 Å². The van der Waals surface area contributed by atoms with Crippen LogP contribution in [-0.2, 0) is 22.4 Å². The maximum Gasteiger partial charge on any atom is 0.338 e. The van der Waals surface area contributed by atoms with Crippen LogP contribution in [0.3, 0.4) is 0 Å². The molecule has 4 atom stereocenters. The molecule has 12 heteroatoms. The molecular weight excluding hydrogens is 559 g/mol. The second-order valence-electron chi connectivity index (χ2n) is 12.3. The van der Waals surface area contributed by atoms with E-state index in [0.717, 1.165) is 0 Å². The van der Waals surface area contributed by atoms with Gasteiger partial charge in [0.05, 0.1) is 24.1 Å². The number of rotatable bonds is 7. The van der Waals surface area contributed by atoms with Crippen molar-refractivity contribution in [3.05, 3.63) is 59.0 Å². The molecule has 226 valence electrons. The van der Waals surface area contributed by atoms with Gasteiger partial charge in [0.25, 0.3) is 0 Å². The van der Waals surface area contributed by atoms with E-state index in [1.165, 1.54) is 6.20 Å². The van der Waals surface area contributed by atoms with E-state index in [9.17, 15) is 10.0 Å². The van der Waals surface area contributed by atoms with Gasteiger partial charge in [0, 0.05) is 0 Å². The Bertz CT molecular complexity index is 1270. The predicted octanol–water partition coefficient (Wildman–Crippen LogP) is 5.53. The Morgan fingerprint density at radius 1 is 1.02 bits per heavy atom. The standard InChI is InChI=1S/C29H45N3O7Si2/c1-17(2)40(18(3)4)35-16-23-25(38-41(39-40,19(5)6)20(7)8)27(37-29(33)22-13-11-10-12-14-22)26(36-23)24-28(30)32(34)15-21(9)31-24/h10-15,17-20,23,25-27,30,34H,16H2,1-9H3/t23-,25-,26+,27-/m1/s1. The Balaban J connectivity index is 1.87. The first kappa shape index (κ1) is 31.6. The van der Waals surface area contributed by atoms with Crippen molar-refractivity contribution >= 4 is 23.1 Å². The molecule has 3 heterocycles. The normalized spacial score (nSPS) is 25.8. The van der Waals surface area contributed by atoms with Crippen molar-refractivity contribution in [1.29, 1.82) is 5.41 Å². The number of nitrogens with one attached hydrogen (secondary N) is 1. The number of carbonyl (C=O) groups excluding carboxylic acids is 1. The molecule has 2 saturated heterocycles. The van der Waals surface area contributed by atoms with Gasteiger partial charge in [-0.05, 0) is 41.2 Å². The minimum atomic E-state index is -3.06. The summed E-state index contributed by atoms with van der Waals surface area (Å²) < 4.78 is 34.8. The number of hydrogen-bond acceptors (Lipinski definition) is 9. The molecule has 2 fully saturated rings. The molecule has 2 aromatic rings. The third-order valence-corrected chi connectivity index (χ3v) is 18.5. The number of nitrogens with zero attached hydrogens (tertiary/aromatic N) is 2. The molecule has 10 nitrogen and oxygen atoms in total. The summed E-state index contributed by atoms with van der Waals surface area (Å²) in [6, 6.07) is 8.74. The molecular formula is C29H45N3O7Si2. The molecule has 0 bridgehead atoms. The Labute approximate surface area is 244 Å². The van der Waals surface area contributed by atoms with Crippen LogP contribution in [0.5, 0.6) is 0 Å². The first-order chi connectivity index (χ1) is 19.2. The van der Waals surface area contributed by atoms with Crippen LogP contribution in [0.4, 0.5) is 0 Å². The van der Waals surface area contributed by atoms with Crippen LogP contribution < -0.4 is 5.49 Å². The van der Waals surface area contributed by atoms with Crippen molar-refractivity contribution in [2.24, 2.45) is 0 Å². The summed E-state index contributed by atoms with van der Waals surface area (Å²) in [5.74, 6) is -0.539. The maximum absolute atomic E-state index is 13.4. The Kier molecular flexibility index (Phi) is 9.32. The van der Waals surface area contributed by atoms with Crippen LogP contribution >= 0.6 is 0 Å². The molecule has 2 aliphatic heterocycles. The summed E-state index contributed by atoms with van der Waals surface area (Å²) in [5.41, 5.74) is 1.20. The molecule has 0 aliphatic carbocycles. The molecule has 1 aromatic carbocycles. The lowest BCUT2D eigenvalue weighted by Gasteiger charge is -2.51. The number of aryl methyl sites for hydroxylation is 1. The summed E-state index contributed by atoms with van der Waals surface area (Å²) in [7, 11) is -5.89. The highest BCUT2D eigenvalue weighted by atomic mass is 28.5. The Morgan fingerprint density at radius 2 is 1.61 bits per heavy atom. The number of benzene rings is 1. The van der Waals surface area contributed by atoms with E-state index in [0.29, 0.717) is 16.0 Å². The smallest absolute Gasteiger partial charge is 0.338 e. The summed E-state index contributed by atoms with van der Waals surface area (Å²) in [4.78, 5) is 18.0. The summed E-state index contributed by atoms with van der Waals surface area (Å²) >= 11 is 0. The summed E-state index contributed by atoms with van der Waals surface area (Å²) in [5, 5.41) is 19.0. The maximum atomic E-state index is 13.4. The van der Waals surface area contributed by atoms with Crippen molar-refractivity contribution in [1.82, 2.24) is 9.71 Å². The molecule has 0 unspecified atom stereocenters. The monoisotopic (exact) mass is 603 g/mol. The predicted molar refractivity (Wildman–Crippen MR) is 157 cm³/mol. The van der Waals surface area contributed by atoms with E-state index < -0.39 is 47.5 Å². The van der Waals surface area contributed by atoms with Crippen LogP contribution in [0.1, 0.15) is 83.2 Å². The van der Waals surface area contributed by atoms with Gasteiger partial charge in [-0.3, -0.25) is 5.41 Å². The molecule has 0 saturated carbocycles. The molecule has 0 radical (unpaired) electrons. The third kappa shape index (κ3) is 5.82. The molecule has 2 aliphatic rings. The number of carbonyl (C=O) groups is 1. The van der Waals surface area contributed by atoms with Crippen LogP contribution in [-0.4, -0.2) is 62.9 Å². The first-order valence-electron chi connectivity index (χ1n) is 14.5. The zero-order valence-corrected chi connectivity index (χ0v) is 27.6. The zero-order chi connectivity index (χ0) is 30.3. The van der Waals surface area contributed by atoms with Gasteiger partial charge in [-0.1, -0.05) is 73.6 Å². The van der Waals surface area contributed by atoms with Gasteiger partial charge in [-0.2, -0.15) is 4.73 Å². The van der Waals surface area contributed by atoms with Gasteiger partial charge in [0.1, 0.15) is 24.0 Å². The average molecular weight is 604 g/mol. The minimum Gasteiger partial charge on any atom is -0.453 e. The summed E-state index contributed by atoms with van der Waals surface area (Å²) in [6.45, 7) is 19.0. The van der Waals surface area contributed by atoms with E-state index in [-0.39, 0.29) is 40.0 Å². The van der Waals surface area contributed by atoms with Crippen LogP contribution in [0.15, 0.2) is 36.5 Å². The van der Waals surface area contributed by atoms with E-state index in [4.69, 9.17) is 27.9 Å². The van der Waals surface area contributed by atoms with Crippen LogP contribution in [0.2, 0.25) is 22.2 Å². The topological polar surface area (TPSA) is 125 Å². The van der Waals surface area contributed by atoms with Gasteiger partial charge < -0.3 is 27.6 Å². The van der Waals surface area contributed by atoms with Gasteiger partial charge in [0.15, 0.2) is 11.6 Å². The zero-order valence-electron chi connectivity index (χ0n) is 25.6. The number of fused-ring (bicyclic) bond motifs is 1. The molecule has 41 heavy (non-hydrogen) atoms. The van der Waals surface area contributed by atoms with Gasteiger partial charge in [-0.15, -0.1) is 0 Å². The Hall–Kier alpha value is -2.36. The molecule has 2 N–H and O–H groups in total. The second-order valence-corrected chi connectivity index (χ2v) is 21.2. The highest BCUT2D eigenvalue weighted by Gasteiger charge is 2.62. The van der Waals surface area contributed by atoms with E-state index in [1.54, 1.807) is 31.2 Å². The minimum absolute atomic E-state index is 0.0576. The van der Waals surface area contributed by atoms with Crippen molar-refractivity contribution in [3.8, 4) is 0 Å². The lowest BCUT2D eigenvalue weighted by molar-refractivity contribution is -0.0407. The van der Waals surface area contributed by atoms with Crippen LogP contribution in [0, 0.1) is 12.3 Å². The third-order valence-electron chi connectivity index (χ3n) is 8.24. The largest absolute Gasteiger partial charge is 0.453 e. The Morgan fingerprint density at radius 3 is 2.17 bits per heavy atom. The lowest BCUT2D eigenvalue weighted by Crippen LogP contribution is -2.66. The van der Waals surface area contributed by atoms with Gasteiger partial charge in [0.2, 0.25) is 0 Å². The fourth-order valence-electron chi connectivity index (χ4n) is 6.09. The highest BCUT2D eigenvalue weighted by Crippen LogP contribution is 2.49. The van der Waals surface area contributed by atoms with Crippen molar-refractivity contribution < 1.29 is 32.4 Å². The molecule has 0 spiro atoms. The van der Waals surface area contributed by atoms with Crippen molar-refractivity contribution in [2.75, 3.05) is 6.61 Å². The fraction of sp³-hybridized carbons (Fsp3) is 0.621. The molecule has 1 aromatic heterocycles. The second kappa shape index (κ2) is 12.1. The first-order valence-corrected chi connectivity index (χ1v) is 18.4. The number of esters is 1. The van der Waals surface area contributed by atoms with Crippen LogP contribution in [0.25, 0.3) is 0 Å². The van der Waals surface area contributed by atoms with E-state index >= 15 is 0 Å². The molecule has 0 amide bonds. The van der Waals surface area contributed by atoms with Gasteiger partial charge in [-0.25, -0.2) is 9.78 Å². The quantitative estimate of drug-likeness (QED) is 0.240. The fourth-order valence-corrected chi connectivity index (χ4v) is 17.3. The number of hydrogen-bond donors (Lipinski definition) is 2. The summed E-state index contributed by atoms with van der Waals surface area (Å²) in [6.07, 6.45) is -1.92. The number of aromatic nitrogens is 2. The number of ether oxygens (including phenoxy) is 2. The van der Waals surface area contributed by atoms with Gasteiger partial charge >= 0.3 is 23.1 Å². The average Bonchev–Trinajstić information content (AvgIpc) is 3.21. The van der Waals surface area contributed by atoms with E-state index in [2.05, 4.69) is 60.4 Å². The van der Waals surface area contributed by atoms with E-state index in [1.807, 2.05) is 6.07 Å². The highest BCUT2D eigenvalue weighted by molar-refractivity contribution is 6.84. The van der Waals surface area contributed by atoms with Crippen molar-refractivity contribution in [2.45, 2.75) is 109 Å².